The molecular formula is C14H13N3O4. The lowest BCUT2D eigenvalue weighted by atomic mass is 10.1. The first-order valence-electron chi connectivity index (χ1n) is 6.61. The zero-order valence-corrected chi connectivity index (χ0v) is 11.1. The number of carboxylic acids is 1. The number of fused-ring (bicyclic) bond motifs is 1. The molecule has 1 fully saturated rings. The van der Waals surface area contributed by atoms with Gasteiger partial charge in [0.25, 0.3) is 11.5 Å². The Morgan fingerprint density at radius 3 is 2.71 bits per heavy atom. The number of hydrogen-bond acceptors (Lipinski definition) is 4. The summed E-state index contributed by atoms with van der Waals surface area (Å²) in [4.78, 5) is 36.8. The van der Waals surface area contributed by atoms with Crippen LogP contribution in [0.5, 0.6) is 0 Å². The fourth-order valence-corrected chi connectivity index (χ4v) is 2.68. The topological polar surface area (TPSA) is 103 Å². The van der Waals surface area contributed by atoms with Crippen LogP contribution in [0.3, 0.4) is 0 Å². The number of carboxylic acid groups (broad SMARTS) is 1. The molecule has 0 bridgehead atoms. The maximum Gasteiger partial charge on any atom is 0.326 e. The fourth-order valence-electron chi connectivity index (χ4n) is 2.68. The first-order chi connectivity index (χ1) is 10.1. The highest BCUT2D eigenvalue weighted by Gasteiger charge is 2.35. The second-order valence-corrected chi connectivity index (χ2v) is 4.94. The number of hydrogen-bond donors (Lipinski definition) is 2. The van der Waals surface area contributed by atoms with Crippen molar-refractivity contribution in [3.63, 3.8) is 0 Å². The van der Waals surface area contributed by atoms with E-state index >= 15 is 0 Å². The summed E-state index contributed by atoms with van der Waals surface area (Å²) in [6, 6.07) is 5.81. The van der Waals surface area contributed by atoms with Gasteiger partial charge in [-0.1, -0.05) is 18.2 Å². The first kappa shape index (κ1) is 13.3. The molecule has 1 aliphatic rings. The average molecular weight is 287 g/mol. The Morgan fingerprint density at radius 2 is 2.00 bits per heavy atom. The number of benzene rings is 1. The number of carbonyl (C=O) groups excluding carboxylic acids is 1. The molecule has 1 unspecified atom stereocenters. The molecule has 0 aliphatic carbocycles. The molecule has 0 saturated carbocycles. The summed E-state index contributed by atoms with van der Waals surface area (Å²) >= 11 is 0. The van der Waals surface area contributed by atoms with Crippen LogP contribution in [0, 0.1) is 0 Å². The third-order valence-corrected chi connectivity index (χ3v) is 3.70. The SMILES string of the molecule is O=C(O)C1CCCN1C(=O)c1n[nH]c(=O)c2ccccc12. The molecule has 1 aromatic carbocycles. The van der Waals surface area contributed by atoms with Crippen molar-refractivity contribution in [3.05, 3.63) is 40.3 Å². The number of rotatable bonds is 2. The molecule has 21 heavy (non-hydrogen) atoms. The standard InChI is InChI=1S/C14H13N3O4/c18-12-9-5-2-1-4-8(9)11(15-16-12)13(19)17-7-3-6-10(17)14(20)21/h1-2,4-5,10H,3,6-7H2,(H,16,18)(H,20,21). The second-order valence-electron chi connectivity index (χ2n) is 4.94. The van der Waals surface area contributed by atoms with Gasteiger partial charge in [-0.05, 0) is 18.9 Å². The third kappa shape index (κ3) is 2.16. The van der Waals surface area contributed by atoms with Crippen molar-refractivity contribution in [2.24, 2.45) is 0 Å². The summed E-state index contributed by atoms with van der Waals surface area (Å²) in [6.07, 6.45) is 1.08. The van der Waals surface area contributed by atoms with Gasteiger partial charge in [0.2, 0.25) is 0 Å². The molecule has 2 N–H and O–H groups in total. The van der Waals surface area contributed by atoms with Gasteiger partial charge in [-0.2, -0.15) is 5.10 Å². The lowest BCUT2D eigenvalue weighted by Crippen LogP contribution is -2.41. The Hall–Kier alpha value is -2.70. The van der Waals surface area contributed by atoms with E-state index in [1.807, 2.05) is 0 Å². The molecule has 3 rings (SSSR count). The van der Waals surface area contributed by atoms with Gasteiger partial charge in [-0.25, -0.2) is 9.89 Å². The van der Waals surface area contributed by atoms with Crippen molar-refractivity contribution in [3.8, 4) is 0 Å². The molecule has 7 nitrogen and oxygen atoms in total. The van der Waals surface area contributed by atoms with E-state index in [9.17, 15) is 14.4 Å². The number of aliphatic carboxylic acids is 1. The number of carbonyl (C=O) groups is 2. The van der Waals surface area contributed by atoms with Gasteiger partial charge in [0.1, 0.15) is 6.04 Å². The summed E-state index contributed by atoms with van der Waals surface area (Å²) in [7, 11) is 0. The van der Waals surface area contributed by atoms with Crippen LogP contribution < -0.4 is 5.56 Å². The van der Waals surface area contributed by atoms with Gasteiger partial charge < -0.3 is 10.0 Å². The summed E-state index contributed by atoms with van der Waals surface area (Å²) in [5.41, 5.74) is -0.295. The maximum atomic E-state index is 12.6. The van der Waals surface area contributed by atoms with Crippen molar-refractivity contribution in [2.75, 3.05) is 6.54 Å². The van der Waals surface area contributed by atoms with Gasteiger partial charge in [-0.3, -0.25) is 9.59 Å². The van der Waals surface area contributed by atoms with Crippen LogP contribution in [0.1, 0.15) is 23.3 Å². The predicted molar refractivity (Wildman–Crippen MR) is 74.1 cm³/mol. The highest BCUT2D eigenvalue weighted by atomic mass is 16.4. The second kappa shape index (κ2) is 5.01. The predicted octanol–water partition coefficient (Wildman–Crippen LogP) is 0.612. The van der Waals surface area contributed by atoms with Crippen LogP contribution >= 0.6 is 0 Å². The summed E-state index contributed by atoms with van der Waals surface area (Å²) in [5, 5.41) is 16.1. The number of likely N-dealkylation sites (tertiary alicyclic amines) is 1. The zero-order valence-electron chi connectivity index (χ0n) is 11.1. The largest absolute Gasteiger partial charge is 0.480 e. The van der Waals surface area contributed by atoms with Crippen molar-refractivity contribution in [1.82, 2.24) is 15.1 Å². The molecule has 2 aromatic rings. The third-order valence-electron chi connectivity index (χ3n) is 3.70. The van der Waals surface area contributed by atoms with Crippen LogP contribution in [0.2, 0.25) is 0 Å². The van der Waals surface area contributed by atoms with Gasteiger partial charge >= 0.3 is 5.97 Å². The monoisotopic (exact) mass is 287 g/mol. The number of aromatic nitrogens is 2. The van der Waals surface area contributed by atoms with Crippen LogP contribution in [0.15, 0.2) is 29.1 Å². The summed E-state index contributed by atoms with van der Waals surface area (Å²) in [5.74, 6) is -1.48. The smallest absolute Gasteiger partial charge is 0.326 e. The van der Waals surface area contributed by atoms with Crippen LogP contribution in [0.25, 0.3) is 10.8 Å². The lowest BCUT2D eigenvalue weighted by molar-refractivity contribution is -0.141. The summed E-state index contributed by atoms with van der Waals surface area (Å²) in [6.45, 7) is 0.380. The number of amides is 1. The minimum atomic E-state index is -1.02. The highest BCUT2D eigenvalue weighted by Crippen LogP contribution is 2.22. The van der Waals surface area contributed by atoms with E-state index in [1.165, 1.54) is 4.90 Å². The van der Waals surface area contributed by atoms with Gasteiger partial charge in [0.05, 0.1) is 5.39 Å². The Morgan fingerprint density at radius 1 is 1.29 bits per heavy atom. The van der Waals surface area contributed by atoms with Crippen LogP contribution in [-0.2, 0) is 4.79 Å². The molecule has 2 heterocycles. The van der Waals surface area contributed by atoms with Crippen molar-refractivity contribution < 1.29 is 14.7 Å². The number of aromatic amines is 1. The Balaban J connectivity index is 2.09. The van der Waals surface area contributed by atoms with E-state index in [4.69, 9.17) is 5.11 Å². The molecule has 1 aliphatic heterocycles. The molecule has 1 amide bonds. The molecule has 1 atom stereocenters. The quantitative estimate of drug-likeness (QED) is 0.842. The first-order valence-corrected chi connectivity index (χ1v) is 6.61. The fraction of sp³-hybridized carbons (Fsp3) is 0.286. The molecule has 108 valence electrons. The number of nitrogens with zero attached hydrogens (tertiary/aromatic N) is 2. The van der Waals surface area contributed by atoms with Crippen molar-refractivity contribution in [2.45, 2.75) is 18.9 Å². The van der Waals surface area contributed by atoms with Crippen LogP contribution in [-0.4, -0.2) is 44.7 Å². The summed E-state index contributed by atoms with van der Waals surface area (Å²) < 4.78 is 0. The molecule has 7 heteroatoms. The number of H-pyrrole nitrogens is 1. The van der Waals surface area contributed by atoms with E-state index in [0.29, 0.717) is 30.2 Å². The molecule has 1 aromatic heterocycles. The molecule has 0 radical (unpaired) electrons. The van der Waals surface area contributed by atoms with Gasteiger partial charge in [0.15, 0.2) is 5.69 Å². The lowest BCUT2D eigenvalue weighted by Gasteiger charge is -2.21. The van der Waals surface area contributed by atoms with E-state index in [0.717, 1.165) is 0 Å². The van der Waals surface area contributed by atoms with Crippen molar-refractivity contribution >= 4 is 22.6 Å². The van der Waals surface area contributed by atoms with Gasteiger partial charge in [-0.15, -0.1) is 0 Å². The average Bonchev–Trinajstić information content (AvgIpc) is 2.97. The van der Waals surface area contributed by atoms with Gasteiger partial charge in [0, 0.05) is 11.9 Å². The minimum Gasteiger partial charge on any atom is -0.480 e. The highest BCUT2D eigenvalue weighted by molar-refractivity contribution is 6.05. The Kier molecular flexibility index (Phi) is 3.17. The molecule has 1 saturated heterocycles. The van der Waals surface area contributed by atoms with E-state index < -0.39 is 17.9 Å². The van der Waals surface area contributed by atoms with E-state index in [-0.39, 0.29) is 11.3 Å². The van der Waals surface area contributed by atoms with E-state index in [1.54, 1.807) is 24.3 Å². The number of nitrogens with one attached hydrogen (secondary N) is 1. The molecular weight excluding hydrogens is 274 g/mol. The Labute approximate surface area is 119 Å². The normalized spacial score (nSPS) is 18.1. The Bertz CT molecular complexity index is 783. The zero-order chi connectivity index (χ0) is 15.0. The van der Waals surface area contributed by atoms with Crippen molar-refractivity contribution in [1.29, 1.82) is 0 Å². The minimum absolute atomic E-state index is 0.0818. The molecule has 0 spiro atoms. The van der Waals surface area contributed by atoms with E-state index in [2.05, 4.69) is 10.2 Å². The maximum absolute atomic E-state index is 12.6. The van der Waals surface area contributed by atoms with Crippen LogP contribution in [0.4, 0.5) is 0 Å².